The number of aryl methyl sites for hydroxylation is 1. The molecule has 140 valence electrons. The molecule has 1 aliphatic heterocycles. The Morgan fingerprint density at radius 3 is 2.79 bits per heavy atom. The normalized spacial score (nSPS) is 16.2. The van der Waals surface area contributed by atoms with Crippen molar-refractivity contribution >= 4 is 22.8 Å². The molecule has 1 unspecified atom stereocenters. The Hall–Kier alpha value is -3.55. The minimum Gasteiger partial charge on any atom is -0.422 e. The summed E-state index contributed by atoms with van der Waals surface area (Å²) in [6.07, 6.45) is 0.109. The lowest BCUT2D eigenvalue weighted by atomic mass is 9.86. The maximum absolute atomic E-state index is 13.8. The lowest BCUT2D eigenvalue weighted by Gasteiger charge is -2.24. The molecular weight excluding hydrogens is 366 g/mol. The number of hydrogen-bond acceptors (Lipinski definition) is 4. The maximum atomic E-state index is 13.8. The molecule has 0 aliphatic carbocycles. The van der Waals surface area contributed by atoms with Gasteiger partial charge < -0.3 is 9.73 Å². The Balaban J connectivity index is 1.68. The number of hydrogen-bond donors (Lipinski definition) is 1. The molecule has 5 rings (SSSR count). The van der Waals surface area contributed by atoms with E-state index in [1.54, 1.807) is 13.0 Å². The van der Waals surface area contributed by atoms with Crippen LogP contribution in [0, 0.1) is 18.6 Å². The lowest BCUT2D eigenvalue weighted by Crippen LogP contribution is -2.25. The summed E-state index contributed by atoms with van der Waals surface area (Å²) in [5.41, 5.74) is 3.15. The van der Waals surface area contributed by atoms with Crippen molar-refractivity contribution in [1.29, 1.82) is 0 Å². The van der Waals surface area contributed by atoms with Gasteiger partial charge in [0.05, 0.1) is 5.69 Å². The molecule has 0 spiro atoms. The second-order valence-corrected chi connectivity index (χ2v) is 6.70. The minimum absolute atomic E-state index is 0.109. The summed E-state index contributed by atoms with van der Waals surface area (Å²) in [4.78, 5) is 16.8. The summed E-state index contributed by atoms with van der Waals surface area (Å²) in [7, 11) is 0. The van der Waals surface area contributed by atoms with Gasteiger partial charge in [-0.2, -0.15) is 14.8 Å². The van der Waals surface area contributed by atoms with E-state index in [1.807, 2.05) is 18.2 Å². The quantitative estimate of drug-likeness (QED) is 0.569. The fraction of sp³-hybridized carbons (Fsp3) is 0.150. The summed E-state index contributed by atoms with van der Waals surface area (Å²) in [5.74, 6) is -2.15. The molecule has 28 heavy (non-hydrogen) atoms. The van der Waals surface area contributed by atoms with E-state index in [4.69, 9.17) is 4.42 Å². The summed E-state index contributed by atoms with van der Waals surface area (Å²) < 4.78 is 34.3. The van der Waals surface area contributed by atoms with Crippen molar-refractivity contribution in [2.45, 2.75) is 19.3 Å². The van der Waals surface area contributed by atoms with E-state index < -0.39 is 17.6 Å². The van der Waals surface area contributed by atoms with Crippen LogP contribution in [-0.4, -0.2) is 20.7 Å². The molecule has 4 aromatic rings. The number of nitrogens with zero attached hydrogens (tertiary/aromatic N) is 3. The molecule has 0 saturated carbocycles. The average molecular weight is 380 g/mol. The number of carbonyl (C=O) groups is 1. The Bertz CT molecular complexity index is 1210. The van der Waals surface area contributed by atoms with E-state index in [0.29, 0.717) is 28.2 Å². The molecule has 3 heterocycles. The van der Waals surface area contributed by atoms with Gasteiger partial charge in [0.2, 0.25) is 5.91 Å². The molecule has 1 aliphatic rings. The van der Waals surface area contributed by atoms with Gasteiger partial charge in [-0.1, -0.05) is 18.2 Å². The highest BCUT2D eigenvalue weighted by atomic mass is 19.2. The summed E-state index contributed by atoms with van der Waals surface area (Å²) in [6, 6.07) is 11.2. The number of rotatable bonds is 2. The SMILES string of the molecule is Cc1nn(-c2nc3ccccc3o2)c2c1C(c1ccc(F)c(F)c1)CC(=O)N2. The van der Waals surface area contributed by atoms with Crippen LogP contribution in [0.3, 0.4) is 0 Å². The predicted octanol–water partition coefficient (Wildman–Crippen LogP) is 4.07. The number of carbonyl (C=O) groups excluding carboxylic acids is 1. The lowest BCUT2D eigenvalue weighted by molar-refractivity contribution is -0.116. The molecule has 1 N–H and O–H groups in total. The van der Waals surface area contributed by atoms with Crippen molar-refractivity contribution in [1.82, 2.24) is 14.8 Å². The fourth-order valence-corrected chi connectivity index (χ4v) is 3.65. The first-order valence-electron chi connectivity index (χ1n) is 8.71. The highest BCUT2D eigenvalue weighted by Crippen LogP contribution is 2.40. The molecule has 0 radical (unpaired) electrons. The topological polar surface area (TPSA) is 73.0 Å². The van der Waals surface area contributed by atoms with Gasteiger partial charge in [0.15, 0.2) is 17.2 Å². The number of halogens is 2. The zero-order valence-electron chi connectivity index (χ0n) is 14.7. The van der Waals surface area contributed by atoms with Crippen molar-refractivity contribution in [3.05, 3.63) is 70.9 Å². The van der Waals surface area contributed by atoms with Gasteiger partial charge in [-0.05, 0) is 36.8 Å². The van der Waals surface area contributed by atoms with Crippen molar-refractivity contribution in [3.63, 3.8) is 0 Å². The van der Waals surface area contributed by atoms with E-state index in [1.165, 1.54) is 10.7 Å². The molecule has 0 fully saturated rings. The van der Waals surface area contributed by atoms with E-state index in [-0.39, 0.29) is 18.3 Å². The second-order valence-electron chi connectivity index (χ2n) is 6.70. The highest BCUT2D eigenvalue weighted by molar-refractivity contribution is 5.95. The average Bonchev–Trinajstić information content (AvgIpc) is 3.24. The van der Waals surface area contributed by atoms with E-state index in [0.717, 1.165) is 17.7 Å². The van der Waals surface area contributed by atoms with Crippen LogP contribution in [0.4, 0.5) is 14.6 Å². The molecule has 1 atom stereocenters. The highest BCUT2D eigenvalue weighted by Gasteiger charge is 2.34. The summed E-state index contributed by atoms with van der Waals surface area (Å²) in [5, 5.41) is 7.30. The molecule has 0 bridgehead atoms. The van der Waals surface area contributed by atoms with Crippen LogP contribution in [0.1, 0.15) is 29.2 Å². The number of aromatic nitrogens is 3. The Morgan fingerprint density at radius 1 is 1.18 bits per heavy atom. The first-order valence-corrected chi connectivity index (χ1v) is 8.71. The molecule has 2 aromatic heterocycles. The Morgan fingerprint density at radius 2 is 2.00 bits per heavy atom. The molecule has 1 amide bonds. The molecule has 2 aromatic carbocycles. The van der Waals surface area contributed by atoms with E-state index in [9.17, 15) is 13.6 Å². The van der Waals surface area contributed by atoms with Crippen LogP contribution in [0.15, 0.2) is 46.9 Å². The molecule has 0 saturated heterocycles. The molecule has 6 nitrogen and oxygen atoms in total. The van der Waals surface area contributed by atoms with Gasteiger partial charge in [0, 0.05) is 17.9 Å². The monoisotopic (exact) mass is 380 g/mol. The zero-order valence-corrected chi connectivity index (χ0v) is 14.7. The maximum Gasteiger partial charge on any atom is 0.325 e. The number of fused-ring (bicyclic) bond motifs is 2. The van der Waals surface area contributed by atoms with Crippen LogP contribution in [0.25, 0.3) is 17.1 Å². The van der Waals surface area contributed by atoms with E-state index in [2.05, 4.69) is 15.4 Å². The van der Waals surface area contributed by atoms with Crippen molar-refractivity contribution < 1.29 is 18.0 Å². The van der Waals surface area contributed by atoms with Gasteiger partial charge in [-0.25, -0.2) is 8.78 Å². The van der Waals surface area contributed by atoms with Crippen LogP contribution in [-0.2, 0) is 4.79 Å². The van der Waals surface area contributed by atoms with Crippen LogP contribution in [0.5, 0.6) is 0 Å². The van der Waals surface area contributed by atoms with Gasteiger partial charge in [-0.3, -0.25) is 4.79 Å². The smallest absolute Gasteiger partial charge is 0.325 e. The largest absolute Gasteiger partial charge is 0.422 e. The number of oxazole rings is 1. The minimum atomic E-state index is -0.950. The van der Waals surface area contributed by atoms with Crippen molar-refractivity contribution in [3.8, 4) is 6.01 Å². The standard InChI is InChI=1S/C20H14F2N4O2/c1-10-18-12(11-6-7-13(21)14(22)8-11)9-17(27)24-19(18)26(25-10)20-23-15-4-2-3-5-16(15)28-20/h2-8,12H,9H2,1H3,(H,24,27). The first-order chi connectivity index (χ1) is 13.5. The summed E-state index contributed by atoms with van der Waals surface area (Å²) >= 11 is 0. The second kappa shape index (κ2) is 5.98. The summed E-state index contributed by atoms with van der Waals surface area (Å²) in [6.45, 7) is 1.79. The van der Waals surface area contributed by atoms with Gasteiger partial charge in [0.1, 0.15) is 11.3 Å². The van der Waals surface area contributed by atoms with Crippen molar-refractivity contribution in [2.75, 3.05) is 5.32 Å². The Labute approximate surface area is 157 Å². The van der Waals surface area contributed by atoms with Gasteiger partial charge in [-0.15, -0.1) is 0 Å². The van der Waals surface area contributed by atoms with Crippen LogP contribution in [0.2, 0.25) is 0 Å². The number of para-hydroxylation sites is 2. The number of nitrogens with one attached hydrogen (secondary N) is 1. The Kier molecular flexibility index (Phi) is 3.55. The third-order valence-corrected chi connectivity index (χ3v) is 4.91. The predicted molar refractivity (Wildman–Crippen MR) is 97.3 cm³/mol. The zero-order chi connectivity index (χ0) is 19.4. The van der Waals surface area contributed by atoms with E-state index >= 15 is 0 Å². The number of amides is 1. The third-order valence-electron chi connectivity index (χ3n) is 4.91. The third kappa shape index (κ3) is 2.49. The van der Waals surface area contributed by atoms with Crippen LogP contribution < -0.4 is 5.32 Å². The number of anilines is 1. The first kappa shape index (κ1) is 16.6. The van der Waals surface area contributed by atoms with Crippen LogP contribution >= 0.6 is 0 Å². The van der Waals surface area contributed by atoms with Crippen molar-refractivity contribution in [2.24, 2.45) is 0 Å². The number of benzene rings is 2. The van der Waals surface area contributed by atoms with Gasteiger partial charge >= 0.3 is 6.01 Å². The molecular formula is C20H14F2N4O2. The van der Waals surface area contributed by atoms with Gasteiger partial charge in [0.25, 0.3) is 0 Å². The fourth-order valence-electron chi connectivity index (χ4n) is 3.65. The molecule has 8 heteroatoms.